The first-order valence-electron chi connectivity index (χ1n) is 7.64. The van der Waals surface area contributed by atoms with Gasteiger partial charge in [-0.15, -0.1) is 5.10 Å². The zero-order valence-electron chi connectivity index (χ0n) is 14.0. The predicted molar refractivity (Wildman–Crippen MR) is 98.4 cm³/mol. The Labute approximate surface area is 160 Å². The number of carbonyl (C=O) groups is 1. The highest BCUT2D eigenvalue weighted by atomic mass is 35.5. The largest absolute Gasteiger partial charge is 0.497 e. The van der Waals surface area contributed by atoms with E-state index in [2.05, 4.69) is 15.5 Å². The Morgan fingerprint density at radius 1 is 1.15 bits per heavy atom. The molecule has 0 atom stereocenters. The van der Waals surface area contributed by atoms with E-state index < -0.39 is 21.5 Å². The minimum Gasteiger partial charge on any atom is -0.497 e. The summed E-state index contributed by atoms with van der Waals surface area (Å²) >= 11 is 6.05. The summed E-state index contributed by atoms with van der Waals surface area (Å²) in [4.78, 5) is 12.1. The van der Waals surface area contributed by atoms with Crippen LogP contribution in [0.15, 0.2) is 57.8 Å². The standard InChI is InChI=1S/C17H14ClN3O5S/c1-25-11-6-8-12(9-7-11)27(23,24)10-15(22)19-17-21-20-16(26-17)13-4-2-3-5-14(13)18/h2-9H,10H2,1H3,(H,19,21,22). The van der Waals surface area contributed by atoms with Crippen molar-refractivity contribution in [2.24, 2.45) is 0 Å². The number of ether oxygens (including phenoxy) is 1. The predicted octanol–water partition coefficient (Wildman–Crippen LogP) is 2.81. The number of nitrogens with one attached hydrogen (secondary N) is 1. The maximum absolute atomic E-state index is 12.3. The molecule has 0 aliphatic carbocycles. The second-order valence-electron chi connectivity index (χ2n) is 5.38. The maximum Gasteiger partial charge on any atom is 0.322 e. The van der Waals surface area contributed by atoms with E-state index in [-0.39, 0.29) is 16.8 Å². The molecule has 1 aromatic heterocycles. The van der Waals surface area contributed by atoms with E-state index in [9.17, 15) is 13.2 Å². The van der Waals surface area contributed by atoms with Crippen LogP contribution in [-0.4, -0.2) is 37.4 Å². The lowest BCUT2D eigenvalue weighted by Crippen LogP contribution is -2.23. The monoisotopic (exact) mass is 407 g/mol. The molecule has 27 heavy (non-hydrogen) atoms. The number of halogens is 1. The van der Waals surface area contributed by atoms with Gasteiger partial charge in [-0.25, -0.2) is 8.42 Å². The Balaban J connectivity index is 1.69. The molecule has 3 rings (SSSR count). The molecule has 2 aromatic carbocycles. The topological polar surface area (TPSA) is 111 Å². The number of hydrogen-bond donors (Lipinski definition) is 1. The molecule has 0 aliphatic heterocycles. The number of hydrogen-bond acceptors (Lipinski definition) is 7. The third kappa shape index (κ3) is 4.44. The lowest BCUT2D eigenvalue weighted by atomic mass is 10.2. The third-order valence-electron chi connectivity index (χ3n) is 3.52. The minimum atomic E-state index is -3.84. The second-order valence-corrected chi connectivity index (χ2v) is 7.77. The van der Waals surface area contributed by atoms with Gasteiger partial charge in [-0.1, -0.05) is 28.8 Å². The van der Waals surface area contributed by atoms with Gasteiger partial charge in [-0.3, -0.25) is 10.1 Å². The van der Waals surface area contributed by atoms with Gasteiger partial charge in [0.25, 0.3) is 5.89 Å². The first kappa shape index (κ1) is 18.9. The fraction of sp³-hybridized carbons (Fsp3) is 0.118. The zero-order valence-corrected chi connectivity index (χ0v) is 15.6. The van der Waals surface area contributed by atoms with Crippen LogP contribution in [0, 0.1) is 0 Å². The molecule has 0 bridgehead atoms. The van der Waals surface area contributed by atoms with Gasteiger partial charge in [0.05, 0.1) is 22.6 Å². The average molecular weight is 408 g/mol. The van der Waals surface area contributed by atoms with Gasteiger partial charge in [-0.2, -0.15) is 0 Å². The number of benzene rings is 2. The van der Waals surface area contributed by atoms with Crippen LogP contribution < -0.4 is 10.1 Å². The molecule has 0 spiro atoms. The first-order chi connectivity index (χ1) is 12.9. The van der Waals surface area contributed by atoms with E-state index in [1.807, 2.05) is 0 Å². The van der Waals surface area contributed by atoms with Crippen LogP contribution in [0.25, 0.3) is 11.5 Å². The highest BCUT2D eigenvalue weighted by Crippen LogP contribution is 2.27. The van der Waals surface area contributed by atoms with Crippen LogP contribution in [0.1, 0.15) is 0 Å². The summed E-state index contributed by atoms with van der Waals surface area (Å²) in [5.41, 5.74) is 0.498. The van der Waals surface area contributed by atoms with E-state index in [4.69, 9.17) is 20.8 Å². The molecule has 0 fully saturated rings. The summed E-state index contributed by atoms with van der Waals surface area (Å²) in [5.74, 6) is -0.964. The quantitative estimate of drug-likeness (QED) is 0.668. The number of sulfone groups is 1. The van der Waals surface area contributed by atoms with Crippen molar-refractivity contribution in [2.75, 3.05) is 18.2 Å². The van der Waals surface area contributed by atoms with Crippen molar-refractivity contribution in [1.82, 2.24) is 10.2 Å². The second kappa shape index (κ2) is 7.77. The van der Waals surface area contributed by atoms with Gasteiger partial charge in [0.1, 0.15) is 11.5 Å². The molecule has 0 radical (unpaired) electrons. The summed E-state index contributed by atoms with van der Waals surface area (Å²) in [7, 11) is -2.36. The normalized spacial score (nSPS) is 11.2. The van der Waals surface area contributed by atoms with Gasteiger partial charge in [0.15, 0.2) is 9.84 Å². The molecule has 0 saturated carbocycles. The Morgan fingerprint density at radius 2 is 1.85 bits per heavy atom. The molecule has 0 saturated heterocycles. The lowest BCUT2D eigenvalue weighted by molar-refractivity contribution is -0.114. The van der Waals surface area contributed by atoms with Crippen LogP contribution in [0.3, 0.4) is 0 Å². The van der Waals surface area contributed by atoms with Crippen LogP contribution in [-0.2, 0) is 14.6 Å². The van der Waals surface area contributed by atoms with Gasteiger partial charge in [-0.05, 0) is 36.4 Å². The maximum atomic E-state index is 12.3. The fourth-order valence-electron chi connectivity index (χ4n) is 2.21. The molecule has 0 aliphatic rings. The summed E-state index contributed by atoms with van der Waals surface area (Å²) in [6, 6.07) is 12.3. The molecule has 1 amide bonds. The van der Waals surface area contributed by atoms with Crippen molar-refractivity contribution in [3.63, 3.8) is 0 Å². The average Bonchev–Trinajstić information content (AvgIpc) is 3.09. The molecule has 140 valence electrons. The van der Waals surface area contributed by atoms with Crippen molar-refractivity contribution in [1.29, 1.82) is 0 Å². The van der Waals surface area contributed by atoms with E-state index >= 15 is 0 Å². The number of carbonyl (C=O) groups excluding carboxylic acids is 1. The molecule has 3 aromatic rings. The highest BCUT2D eigenvalue weighted by molar-refractivity contribution is 7.92. The molecule has 8 nitrogen and oxygen atoms in total. The Bertz CT molecular complexity index is 1060. The number of rotatable bonds is 6. The molecule has 1 heterocycles. The van der Waals surface area contributed by atoms with Gasteiger partial charge in [0, 0.05) is 0 Å². The minimum absolute atomic E-state index is 0.000681. The summed E-state index contributed by atoms with van der Waals surface area (Å²) in [5, 5.41) is 10.2. The van der Waals surface area contributed by atoms with E-state index in [1.165, 1.54) is 31.4 Å². The Morgan fingerprint density at radius 3 is 2.52 bits per heavy atom. The van der Waals surface area contributed by atoms with E-state index in [1.54, 1.807) is 24.3 Å². The summed E-state index contributed by atoms with van der Waals surface area (Å²) in [6.45, 7) is 0. The molecule has 10 heteroatoms. The van der Waals surface area contributed by atoms with E-state index in [0.29, 0.717) is 16.3 Å². The van der Waals surface area contributed by atoms with Crippen molar-refractivity contribution in [3.8, 4) is 17.2 Å². The van der Waals surface area contributed by atoms with Crippen LogP contribution in [0.2, 0.25) is 5.02 Å². The van der Waals surface area contributed by atoms with Crippen molar-refractivity contribution >= 4 is 33.4 Å². The number of aromatic nitrogens is 2. The molecule has 1 N–H and O–H groups in total. The lowest BCUT2D eigenvalue weighted by Gasteiger charge is -2.05. The highest BCUT2D eigenvalue weighted by Gasteiger charge is 2.21. The Kier molecular flexibility index (Phi) is 5.43. The third-order valence-corrected chi connectivity index (χ3v) is 5.48. The zero-order chi connectivity index (χ0) is 19.4. The van der Waals surface area contributed by atoms with Crippen molar-refractivity contribution < 1.29 is 22.4 Å². The molecular weight excluding hydrogens is 394 g/mol. The van der Waals surface area contributed by atoms with Gasteiger partial charge >= 0.3 is 6.01 Å². The number of nitrogens with zero attached hydrogens (tertiary/aromatic N) is 2. The number of methoxy groups -OCH3 is 1. The number of anilines is 1. The van der Waals surface area contributed by atoms with Crippen LogP contribution >= 0.6 is 11.6 Å². The first-order valence-corrected chi connectivity index (χ1v) is 9.67. The van der Waals surface area contributed by atoms with Crippen LogP contribution in [0.4, 0.5) is 6.01 Å². The summed E-state index contributed by atoms with van der Waals surface area (Å²) < 4.78 is 34.9. The van der Waals surface area contributed by atoms with Crippen LogP contribution in [0.5, 0.6) is 5.75 Å². The summed E-state index contributed by atoms with van der Waals surface area (Å²) in [6.07, 6.45) is 0. The molecular formula is C17H14ClN3O5S. The van der Waals surface area contributed by atoms with Gasteiger partial charge in [0.2, 0.25) is 5.91 Å². The fourth-order valence-corrected chi connectivity index (χ4v) is 3.56. The van der Waals surface area contributed by atoms with E-state index in [0.717, 1.165) is 0 Å². The molecule has 0 unspecified atom stereocenters. The van der Waals surface area contributed by atoms with Crippen molar-refractivity contribution in [2.45, 2.75) is 4.90 Å². The number of amides is 1. The Hall–Kier alpha value is -2.91. The smallest absolute Gasteiger partial charge is 0.322 e. The SMILES string of the molecule is COc1ccc(S(=O)(=O)CC(=O)Nc2nnc(-c3ccccc3Cl)o2)cc1. The van der Waals surface area contributed by atoms with Gasteiger partial charge < -0.3 is 9.15 Å². The van der Waals surface area contributed by atoms with Crippen molar-refractivity contribution in [3.05, 3.63) is 53.6 Å².